The molecule has 1 N–H and O–H groups in total. The van der Waals surface area contributed by atoms with Crippen molar-refractivity contribution >= 4 is 27.3 Å². The monoisotopic (exact) mass is 464 g/mol. The van der Waals surface area contributed by atoms with Gasteiger partial charge >= 0.3 is 0 Å². The highest BCUT2D eigenvalue weighted by Crippen LogP contribution is 2.24. The van der Waals surface area contributed by atoms with Crippen LogP contribution in [0.1, 0.15) is 46.5 Å². The van der Waals surface area contributed by atoms with Gasteiger partial charge in [0.05, 0.1) is 18.5 Å². The van der Waals surface area contributed by atoms with E-state index in [0.29, 0.717) is 17.2 Å². The van der Waals surface area contributed by atoms with Gasteiger partial charge in [-0.05, 0) is 78.8 Å². The Morgan fingerprint density at radius 1 is 0.939 bits per heavy atom. The van der Waals surface area contributed by atoms with E-state index in [4.69, 9.17) is 0 Å². The number of para-hydroxylation sites is 1. The number of anilines is 2. The molecule has 174 valence electrons. The molecule has 0 saturated heterocycles. The highest BCUT2D eigenvalue weighted by Gasteiger charge is 2.19. The molecule has 0 fully saturated rings. The Bertz CT molecular complexity index is 1230. The first kappa shape index (κ1) is 24.5. The quantitative estimate of drug-likeness (QED) is 0.464. The van der Waals surface area contributed by atoms with Gasteiger partial charge in [-0.25, -0.2) is 8.42 Å². The molecule has 0 heterocycles. The van der Waals surface area contributed by atoms with Crippen molar-refractivity contribution in [2.24, 2.45) is 5.92 Å². The van der Waals surface area contributed by atoms with E-state index in [0.717, 1.165) is 34.4 Å². The number of carbonyl (C=O) groups is 1. The molecule has 5 nitrogen and oxygen atoms in total. The van der Waals surface area contributed by atoms with E-state index in [9.17, 15) is 13.2 Å². The van der Waals surface area contributed by atoms with Gasteiger partial charge in [-0.1, -0.05) is 50.2 Å². The Morgan fingerprint density at radius 3 is 2.21 bits per heavy atom. The number of hydrogen-bond acceptors (Lipinski definition) is 3. The molecule has 0 bridgehead atoms. The summed E-state index contributed by atoms with van der Waals surface area (Å²) in [4.78, 5) is 12.8. The summed E-state index contributed by atoms with van der Waals surface area (Å²) in [7, 11) is -3.47. The zero-order chi connectivity index (χ0) is 24.2. The minimum Gasteiger partial charge on any atom is -0.322 e. The van der Waals surface area contributed by atoms with Gasteiger partial charge in [0.15, 0.2) is 0 Å². The van der Waals surface area contributed by atoms with Crippen molar-refractivity contribution in [2.75, 3.05) is 15.9 Å². The lowest BCUT2D eigenvalue weighted by Crippen LogP contribution is -2.29. The van der Waals surface area contributed by atoms with Crippen LogP contribution in [0.4, 0.5) is 11.4 Å². The Hall–Kier alpha value is -3.12. The fraction of sp³-hybridized carbons (Fsp3) is 0.296. The normalized spacial score (nSPS) is 11.5. The van der Waals surface area contributed by atoms with Gasteiger partial charge in [-0.3, -0.25) is 9.10 Å². The Kier molecular flexibility index (Phi) is 7.59. The van der Waals surface area contributed by atoms with Crippen LogP contribution in [0.2, 0.25) is 0 Å². The summed E-state index contributed by atoms with van der Waals surface area (Å²) in [5.74, 6) is 0.296. The molecular formula is C27H32N2O3S. The van der Waals surface area contributed by atoms with Crippen molar-refractivity contribution in [3.8, 4) is 0 Å². The first-order chi connectivity index (χ1) is 15.5. The largest absolute Gasteiger partial charge is 0.322 e. The molecule has 1 amide bonds. The first-order valence-electron chi connectivity index (χ1n) is 11.1. The molecule has 0 aliphatic heterocycles. The highest BCUT2D eigenvalue weighted by molar-refractivity contribution is 7.92. The summed E-state index contributed by atoms with van der Waals surface area (Å²) in [6.07, 6.45) is 2.09. The number of sulfonamides is 1. The van der Waals surface area contributed by atoms with Gasteiger partial charge in [-0.15, -0.1) is 0 Å². The molecule has 0 unspecified atom stereocenters. The third-order valence-corrected chi connectivity index (χ3v) is 6.76. The summed E-state index contributed by atoms with van der Waals surface area (Å²) in [5.41, 5.74) is 6.02. The van der Waals surface area contributed by atoms with Gasteiger partial charge in [0.1, 0.15) is 0 Å². The van der Waals surface area contributed by atoms with E-state index in [-0.39, 0.29) is 12.5 Å². The van der Waals surface area contributed by atoms with E-state index in [1.165, 1.54) is 10.6 Å². The predicted octanol–water partition coefficient (Wildman–Crippen LogP) is 5.72. The zero-order valence-corrected chi connectivity index (χ0v) is 20.7. The average Bonchev–Trinajstić information content (AvgIpc) is 2.75. The third-order valence-electron chi connectivity index (χ3n) is 5.61. The van der Waals surface area contributed by atoms with Crippen LogP contribution in [0, 0.1) is 19.8 Å². The summed E-state index contributed by atoms with van der Waals surface area (Å²) >= 11 is 0. The number of amides is 1. The number of nitrogens with zero attached hydrogens (tertiary/aromatic N) is 1. The Balaban J connectivity index is 1.78. The van der Waals surface area contributed by atoms with Crippen LogP contribution in [0.3, 0.4) is 0 Å². The maximum Gasteiger partial charge on any atom is 0.255 e. The van der Waals surface area contributed by atoms with Crippen molar-refractivity contribution in [3.05, 3.63) is 94.5 Å². The van der Waals surface area contributed by atoms with Gasteiger partial charge < -0.3 is 5.32 Å². The van der Waals surface area contributed by atoms with Crippen molar-refractivity contribution in [1.29, 1.82) is 0 Å². The number of benzene rings is 3. The van der Waals surface area contributed by atoms with Crippen molar-refractivity contribution in [2.45, 2.75) is 40.7 Å². The van der Waals surface area contributed by atoms with Crippen LogP contribution in [0.5, 0.6) is 0 Å². The molecule has 0 atom stereocenters. The number of nitrogens with one attached hydrogen (secondary N) is 1. The van der Waals surface area contributed by atoms with E-state index in [1.807, 2.05) is 56.3 Å². The second-order valence-electron chi connectivity index (χ2n) is 8.94. The lowest BCUT2D eigenvalue weighted by Gasteiger charge is -2.23. The predicted molar refractivity (Wildman–Crippen MR) is 136 cm³/mol. The molecule has 0 aliphatic rings. The van der Waals surface area contributed by atoms with Crippen LogP contribution in [0.25, 0.3) is 0 Å². The minimum absolute atomic E-state index is 0.188. The summed E-state index contributed by atoms with van der Waals surface area (Å²) < 4.78 is 26.3. The molecule has 6 heteroatoms. The van der Waals surface area contributed by atoms with Crippen molar-refractivity contribution in [3.63, 3.8) is 0 Å². The SMILES string of the molecule is Cc1ccc(N(Cc2ccc(C(=O)Nc3ccccc3CC(C)C)cc2)S(C)(=O)=O)cc1C. The topological polar surface area (TPSA) is 66.5 Å². The van der Waals surface area contributed by atoms with Crippen LogP contribution >= 0.6 is 0 Å². The van der Waals surface area contributed by atoms with Crippen LogP contribution in [0.15, 0.2) is 66.7 Å². The lowest BCUT2D eigenvalue weighted by molar-refractivity contribution is 0.102. The molecule has 3 aromatic carbocycles. The second kappa shape index (κ2) is 10.2. The molecule has 0 spiro atoms. The number of rotatable bonds is 8. The summed E-state index contributed by atoms with van der Waals surface area (Å²) in [6, 6.07) is 20.5. The molecule has 33 heavy (non-hydrogen) atoms. The van der Waals surface area contributed by atoms with Crippen LogP contribution in [-0.4, -0.2) is 20.6 Å². The maximum absolute atomic E-state index is 12.8. The number of hydrogen-bond donors (Lipinski definition) is 1. The van der Waals surface area contributed by atoms with Gasteiger partial charge in [0.25, 0.3) is 5.91 Å². The molecule has 0 saturated carbocycles. The van der Waals surface area contributed by atoms with Gasteiger partial charge in [0.2, 0.25) is 10.0 Å². The Morgan fingerprint density at radius 2 is 1.61 bits per heavy atom. The minimum atomic E-state index is -3.47. The second-order valence-corrected chi connectivity index (χ2v) is 10.9. The van der Waals surface area contributed by atoms with Gasteiger partial charge in [-0.2, -0.15) is 0 Å². The molecule has 3 rings (SSSR count). The Labute approximate surface area is 197 Å². The fourth-order valence-corrected chi connectivity index (χ4v) is 4.54. The molecule has 0 aromatic heterocycles. The molecule has 3 aromatic rings. The average molecular weight is 465 g/mol. The van der Waals surface area contributed by atoms with E-state index in [2.05, 4.69) is 19.2 Å². The zero-order valence-electron chi connectivity index (χ0n) is 19.9. The number of carbonyl (C=O) groups excluding carboxylic acids is 1. The fourth-order valence-electron chi connectivity index (χ4n) is 3.66. The van der Waals surface area contributed by atoms with E-state index < -0.39 is 10.0 Å². The van der Waals surface area contributed by atoms with E-state index in [1.54, 1.807) is 24.3 Å². The molecule has 0 aliphatic carbocycles. The highest BCUT2D eigenvalue weighted by atomic mass is 32.2. The van der Waals surface area contributed by atoms with Crippen LogP contribution in [-0.2, 0) is 23.0 Å². The maximum atomic E-state index is 12.8. The van der Waals surface area contributed by atoms with Crippen molar-refractivity contribution in [1.82, 2.24) is 0 Å². The summed E-state index contributed by atoms with van der Waals surface area (Å²) in [5, 5.41) is 3.01. The molecule has 0 radical (unpaired) electrons. The lowest BCUT2D eigenvalue weighted by atomic mass is 10.0. The third kappa shape index (κ3) is 6.45. The van der Waals surface area contributed by atoms with Gasteiger partial charge in [0, 0.05) is 11.3 Å². The smallest absolute Gasteiger partial charge is 0.255 e. The first-order valence-corrected chi connectivity index (χ1v) is 12.9. The molecular weight excluding hydrogens is 432 g/mol. The van der Waals surface area contributed by atoms with Crippen LogP contribution < -0.4 is 9.62 Å². The number of aryl methyl sites for hydroxylation is 2. The standard InChI is InChI=1S/C27H32N2O3S/c1-19(2)16-24-8-6-7-9-26(24)28-27(30)23-13-11-22(12-14-23)18-29(33(5,31)32)25-15-10-20(3)21(4)17-25/h6-15,17,19H,16,18H2,1-5H3,(H,28,30). The van der Waals surface area contributed by atoms with Crippen molar-refractivity contribution < 1.29 is 13.2 Å². The van der Waals surface area contributed by atoms with E-state index >= 15 is 0 Å². The summed E-state index contributed by atoms with van der Waals surface area (Å²) in [6.45, 7) is 8.45.